The van der Waals surface area contributed by atoms with Crippen LogP contribution in [0.4, 0.5) is 5.69 Å². The zero-order valence-corrected chi connectivity index (χ0v) is 10.5. The second-order valence-corrected chi connectivity index (χ2v) is 4.47. The van der Waals surface area contributed by atoms with Crippen molar-refractivity contribution in [3.8, 4) is 0 Å². The molecule has 0 fully saturated rings. The quantitative estimate of drug-likeness (QED) is 0.819. The van der Waals surface area contributed by atoms with E-state index >= 15 is 0 Å². The highest BCUT2D eigenvalue weighted by atomic mass is 15.1. The van der Waals surface area contributed by atoms with Crippen molar-refractivity contribution in [3.05, 3.63) is 47.5 Å². The molecule has 1 heterocycles. The first kappa shape index (κ1) is 11.7. The third kappa shape index (κ3) is 2.87. The van der Waals surface area contributed by atoms with Crippen LogP contribution in [0.15, 0.2) is 30.6 Å². The van der Waals surface area contributed by atoms with E-state index in [1.807, 2.05) is 24.5 Å². The number of hydrogen-bond donors (Lipinski definition) is 1. The van der Waals surface area contributed by atoms with Crippen molar-refractivity contribution < 1.29 is 0 Å². The van der Waals surface area contributed by atoms with Gasteiger partial charge in [-0.25, -0.2) is 4.98 Å². The van der Waals surface area contributed by atoms with E-state index in [4.69, 9.17) is 5.73 Å². The smallest absolute Gasteiger partial charge is 0.113 e. The van der Waals surface area contributed by atoms with Gasteiger partial charge in [0, 0.05) is 31.0 Å². The standard InChI is InChI=1S/C14H19N3/c1-3-5-17-6-4-16-14(17)10-12-7-11(2)8-13(15)9-12/h4,6-9H,3,5,10,15H2,1-2H3. The summed E-state index contributed by atoms with van der Waals surface area (Å²) in [6.45, 7) is 5.27. The van der Waals surface area contributed by atoms with E-state index in [1.54, 1.807) is 0 Å². The van der Waals surface area contributed by atoms with Gasteiger partial charge in [0.05, 0.1) is 0 Å². The molecule has 2 N–H and O–H groups in total. The lowest BCUT2D eigenvalue weighted by Crippen LogP contribution is -2.04. The van der Waals surface area contributed by atoms with Gasteiger partial charge in [0.2, 0.25) is 0 Å². The van der Waals surface area contributed by atoms with Gasteiger partial charge in [-0.1, -0.05) is 13.0 Å². The van der Waals surface area contributed by atoms with E-state index in [-0.39, 0.29) is 0 Å². The first-order chi connectivity index (χ1) is 8.19. The Morgan fingerprint density at radius 3 is 2.82 bits per heavy atom. The van der Waals surface area contributed by atoms with Crippen LogP contribution in [-0.2, 0) is 13.0 Å². The van der Waals surface area contributed by atoms with Crippen LogP contribution in [-0.4, -0.2) is 9.55 Å². The van der Waals surface area contributed by atoms with Gasteiger partial charge in [0.25, 0.3) is 0 Å². The van der Waals surface area contributed by atoms with E-state index in [1.165, 1.54) is 11.1 Å². The Labute approximate surface area is 102 Å². The van der Waals surface area contributed by atoms with Crippen molar-refractivity contribution in [2.75, 3.05) is 5.73 Å². The molecule has 0 atom stereocenters. The lowest BCUT2D eigenvalue weighted by molar-refractivity contribution is 0.647. The summed E-state index contributed by atoms with van der Waals surface area (Å²) in [6.07, 6.45) is 5.88. The van der Waals surface area contributed by atoms with Gasteiger partial charge in [0.15, 0.2) is 0 Å². The number of nitrogens with zero attached hydrogens (tertiary/aromatic N) is 2. The van der Waals surface area contributed by atoms with Crippen LogP contribution in [0.1, 0.15) is 30.3 Å². The highest BCUT2D eigenvalue weighted by Gasteiger charge is 2.04. The van der Waals surface area contributed by atoms with Gasteiger partial charge in [-0.05, 0) is 36.6 Å². The maximum absolute atomic E-state index is 5.86. The molecule has 17 heavy (non-hydrogen) atoms. The predicted octanol–water partition coefficient (Wildman–Crippen LogP) is 2.77. The lowest BCUT2D eigenvalue weighted by atomic mass is 10.1. The van der Waals surface area contributed by atoms with E-state index in [0.717, 1.165) is 30.9 Å². The minimum absolute atomic E-state index is 0.827. The monoisotopic (exact) mass is 229 g/mol. The van der Waals surface area contributed by atoms with E-state index < -0.39 is 0 Å². The number of nitrogen functional groups attached to an aromatic ring is 1. The van der Waals surface area contributed by atoms with Gasteiger partial charge < -0.3 is 10.3 Å². The van der Waals surface area contributed by atoms with Crippen LogP contribution < -0.4 is 5.73 Å². The Morgan fingerprint density at radius 1 is 1.29 bits per heavy atom. The van der Waals surface area contributed by atoms with Gasteiger partial charge in [-0.3, -0.25) is 0 Å². The molecule has 0 saturated carbocycles. The Morgan fingerprint density at radius 2 is 2.12 bits per heavy atom. The molecule has 0 aliphatic carbocycles. The number of aryl methyl sites for hydroxylation is 2. The SMILES string of the molecule is CCCn1ccnc1Cc1cc(C)cc(N)c1. The molecule has 1 aromatic carbocycles. The molecule has 0 aliphatic heterocycles. The van der Waals surface area contributed by atoms with Crippen LogP contribution in [0.2, 0.25) is 0 Å². The number of imidazole rings is 1. The molecule has 2 aromatic rings. The molecule has 3 nitrogen and oxygen atoms in total. The minimum Gasteiger partial charge on any atom is -0.399 e. The summed E-state index contributed by atoms with van der Waals surface area (Å²) in [5, 5.41) is 0. The summed E-state index contributed by atoms with van der Waals surface area (Å²) in [6, 6.07) is 6.18. The first-order valence-corrected chi connectivity index (χ1v) is 6.05. The van der Waals surface area contributed by atoms with Crippen molar-refractivity contribution >= 4 is 5.69 Å². The second kappa shape index (κ2) is 5.04. The Hall–Kier alpha value is -1.77. The van der Waals surface area contributed by atoms with Crippen molar-refractivity contribution in [3.63, 3.8) is 0 Å². The Balaban J connectivity index is 2.22. The molecule has 0 radical (unpaired) electrons. The second-order valence-electron chi connectivity index (χ2n) is 4.47. The van der Waals surface area contributed by atoms with Crippen LogP contribution in [0.25, 0.3) is 0 Å². The average Bonchev–Trinajstić information content (AvgIpc) is 2.65. The number of hydrogen-bond acceptors (Lipinski definition) is 2. The van der Waals surface area contributed by atoms with Crippen LogP contribution in [0.5, 0.6) is 0 Å². The third-order valence-corrected chi connectivity index (χ3v) is 2.79. The number of rotatable bonds is 4. The fourth-order valence-corrected chi connectivity index (χ4v) is 2.13. The molecule has 2 rings (SSSR count). The van der Waals surface area contributed by atoms with Gasteiger partial charge in [-0.2, -0.15) is 0 Å². The van der Waals surface area contributed by atoms with Gasteiger partial charge in [-0.15, -0.1) is 0 Å². The summed E-state index contributed by atoms with van der Waals surface area (Å²) in [5.74, 6) is 1.11. The van der Waals surface area contributed by atoms with Crippen molar-refractivity contribution in [2.24, 2.45) is 0 Å². The maximum atomic E-state index is 5.86. The fraction of sp³-hybridized carbons (Fsp3) is 0.357. The molecule has 1 aromatic heterocycles. The topological polar surface area (TPSA) is 43.8 Å². The average molecular weight is 229 g/mol. The fourth-order valence-electron chi connectivity index (χ4n) is 2.13. The molecule has 0 spiro atoms. The Bertz CT molecular complexity index is 480. The zero-order chi connectivity index (χ0) is 12.3. The predicted molar refractivity (Wildman–Crippen MR) is 70.9 cm³/mol. The molecule has 3 heteroatoms. The Kier molecular flexibility index (Phi) is 3.47. The van der Waals surface area contributed by atoms with Crippen molar-refractivity contribution in [1.82, 2.24) is 9.55 Å². The van der Waals surface area contributed by atoms with E-state index in [2.05, 4.69) is 29.5 Å². The molecule has 90 valence electrons. The third-order valence-electron chi connectivity index (χ3n) is 2.79. The van der Waals surface area contributed by atoms with Gasteiger partial charge >= 0.3 is 0 Å². The summed E-state index contributed by atoms with van der Waals surface area (Å²) in [4.78, 5) is 4.41. The minimum atomic E-state index is 0.827. The number of benzene rings is 1. The van der Waals surface area contributed by atoms with Crippen LogP contribution in [0.3, 0.4) is 0 Å². The lowest BCUT2D eigenvalue weighted by Gasteiger charge is -2.07. The molecule has 0 unspecified atom stereocenters. The molecule has 0 saturated heterocycles. The number of aromatic nitrogens is 2. The summed E-state index contributed by atoms with van der Waals surface area (Å²) >= 11 is 0. The normalized spacial score (nSPS) is 10.7. The van der Waals surface area contributed by atoms with E-state index in [0.29, 0.717) is 0 Å². The molecular formula is C14H19N3. The summed E-state index contributed by atoms with van der Waals surface area (Å²) < 4.78 is 2.21. The number of anilines is 1. The summed E-state index contributed by atoms with van der Waals surface area (Å²) in [5.41, 5.74) is 9.12. The highest BCUT2D eigenvalue weighted by Crippen LogP contribution is 2.15. The molecule has 0 bridgehead atoms. The molecule has 0 aliphatic rings. The molecule has 0 amide bonds. The van der Waals surface area contributed by atoms with E-state index in [9.17, 15) is 0 Å². The van der Waals surface area contributed by atoms with Crippen molar-refractivity contribution in [1.29, 1.82) is 0 Å². The highest BCUT2D eigenvalue weighted by molar-refractivity contribution is 5.45. The first-order valence-electron chi connectivity index (χ1n) is 6.05. The van der Waals surface area contributed by atoms with Crippen LogP contribution in [0, 0.1) is 6.92 Å². The summed E-state index contributed by atoms with van der Waals surface area (Å²) in [7, 11) is 0. The zero-order valence-electron chi connectivity index (χ0n) is 10.5. The largest absolute Gasteiger partial charge is 0.399 e. The number of nitrogens with two attached hydrogens (primary N) is 1. The molecular weight excluding hydrogens is 210 g/mol. The van der Waals surface area contributed by atoms with Crippen molar-refractivity contribution in [2.45, 2.75) is 33.2 Å². The maximum Gasteiger partial charge on any atom is 0.113 e. The van der Waals surface area contributed by atoms with Gasteiger partial charge in [0.1, 0.15) is 5.82 Å². The van der Waals surface area contributed by atoms with Crippen LogP contribution >= 0.6 is 0 Å².